The molecule has 20 aliphatic rings. The number of hydrogen-bond donors (Lipinski definition) is 0. The topological polar surface area (TPSA) is 179 Å². The number of carbonyl (C=O) groups is 4. The van der Waals surface area contributed by atoms with Crippen LogP contribution in [0.1, 0.15) is 315 Å². The van der Waals surface area contributed by atoms with E-state index >= 15 is 0 Å². The number of rotatable bonds is 30. The van der Waals surface area contributed by atoms with Crippen molar-refractivity contribution in [2.24, 2.45) is 213 Å². The SMILES string of the molecule is C.C.C.C.C.C.C.C.C.CC1C(C)C2CC1C1C3CC(CCCC(=O)OCC4COCO4)C(C3)C21.CC1C(C)C2CC1C1C3CC(CCCCC(=O)OCC4COCO4)C(C3)C21.CC1C(C)C2CC1C1C3CC(CCCCCC(=O)OCC4COCO4)C(C3)C21.CC1C(C)C2CC1C1C3CC(CCCCCCC(=O)OCC4COCO4)C(C3)C21. The third kappa shape index (κ3) is 20.8. The van der Waals surface area contributed by atoms with Crippen LogP contribution in [0.15, 0.2) is 0 Å². The van der Waals surface area contributed by atoms with Gasteiger partial charge in [0, 0.05) is 25.7 Å². The molecule has 0 amide bonds. The highest BCUT2D eigenvalue weighted by Crippen LogP contribution is 2.76. The molecule has 4 saturated heterocycles. The summed E-state index contributed by atoms with van der Waals surface area (Å²) in [6.45, 7) is 25.1. The maximum absolute atomic E-state index is 12.0. The largest absolute Gasteiger partial charge is 0.463 e. The standard InChI is InChI=1S/C25H40O4.C24H38O4.C23H36O4.C22H34O4.9CH4/c1-15-16(2)21-11-20(15)24-18-9-17(22(10-18)25(21)24)7-5-3-4-6-8-23(26)28-13-19-12-27-14-29-19;1-14-15(2)20-10-19(14)23-17-8-16(21(9-17)24(20)23)6-4-3-5-7-22(25)27-12-18-11-26-13-28-18;1-13-14(2)19-9-18(13)22-16-7-15(20(8-16)23(19)22)5-3-4-6-21(24)26-11-17-10-25-12-27-17;1-12-13(2)18-8-17(12)21-15-6-14(19(7-15)22(18)21)4-3-5-20(23)25-10-16-9-24-11-26-16;;;;;;;;;/h15-22,24-25H,3-14H2,1-2H3;14-21,23-24H,3-13H2,1-2H3;13-20,22-23H,3-12H2,1-2H3;12-19,21-22H,3-11H2,1-2H3;9*1H4. The van der Waals surface area contributed by atoms with Gasteiger partial charge in [0.25, 0.3) is 0 Å². The molecule has 0 spiro atoms. The van der Waals surface area contributed by atoms with Crippen molar-refractivity contribution in [3.63, 3.8) is 0 Å². The van der Waals surface area contributed by atoms with Crippen LogP contribution < -0.4 is 0 Å². The first-order valence-electron chi connectivity index (χ1n) is 46.9. The van der Waals surface area contributed by atoms with Crippen molar-refractivity contribution in [3.8, 4) is 0 Å². The fraction of sp³-hybridized carbons (Fsp3) is 0.961. The van der Waals surface area contributed by atoms with Crippen LogP contribution in [0.5, 0.6) is 0 Å². The zero-order valence-corrected chi connectivity index (χ0v) is 69.3. The van der Waals surface area contributed by atoms with Crippen LogP contribution in [0.3, 0.4) is 0 Å². The van der Waals surface area contributed by atoms with E-state index in [1.54, 1.807) is 32.1 Å². The molecule has 4 aliphatic heterocycles. The number of ether oxygens (including phenoxy) is 12. The molecule has 692 valence electrons. The highest BCUT2D eigenvalue weighted by atomic mass is 16.7. The van der Waals surface area contributed by atoms with Gasteiger partial charge >= 0.3 is 23.9 Å². The van der Waals surface area contributed by atoms with Gasteiger partial charge < -0.3 is 56.8 Å². The number of carbonyl (C=O) groups excluding carboxylic acids is 4. The molecule has 16 aliphatic carbocycles. The lowest BCUT2D eigenvalue weighted by Crippen LogP contribution is -2.38. The van der Waals surface area contributed by atoms with Gasteiger partial charge in [-0.25, -0.2) is 0 Å². The summed E-state index contributed by atoms with van der Waals surface area (Å²) < 4.78 is 62.9. The van der Waals surface area contributed by atoms with Crippen molar-refractivity contribution in [1.29, 1.82) is 0 Å². The van der Waals surface area contributed by atoms with Crippen molar-refractivity contribution in [2.75, 3.05) is 80.0 Å². The van der Waals surface area contributed by atoms with E-state index in [2.05, 4.69) is 55.4 Å². The monoisotopic (exact) mass is 1680 g/mol. The lowest BCUT2D eigenvalue weighted by Gasteiger charge is -2.43. The minimum absolute atomic E-state index is 0. The second-order valence-corrected chi connectivity index (χ2v) is 41.9. The summed E-state index contributed by atoms with van der Waals surface area (Å²) in [5.74, 6) is 36.5. The summed E-state index contributed by atoms with van der Waals surface area (Å²) in [7, 11) is 0. The number of fused-ring (bicyclic) bond motifs is 36. The van der Waals surface area contributed by atoms with Crippen LogP contribution in [0, 0.1) is 213 Å². The molecule has 0 radical (unpaired) electrons. The van der Waals surface area contributed by atoms with Crippen LogP contribution in [-0.4, -0.2) is 128 Å². The summed E-state index contributed by atoms with van der Waals surface area (Å²) in [4.78, 5) is 47.6. The summed E-state index contributed by atoms with van der Waals surface area (Å²) in [6, 6.07) is 0. The Balaban J connectivity index is 0.000000193. The molecule has 0 aromatic heterocycles. The first-order chi connectivity index (χ1) is 53.5. The quantitative estimate of drug-likeness (QED) is 0.0287. The van der Waals surface area contributed by atoms with Gasteiger partial charge in [-0.15, -0.1) is 0 Å². The van der Waals surface area contributed by atoms with Crippen LogP contribution in [0.4, 0.5) is 0 Å². The van der Waals surface area contributed by atoms with Gasteiger partial charge in [0.15, 0.2) is 0 Å². The third-order valence-electron chi connectivity index (χ3n) is 37.7. The van der Waals surface area contributed by atoms with Gasteiger partial charge in [0.1, 0.15) is 78.0 Å². The Morgan fingerprint density at radius 3 is 0.681 bits per heavy atom. The first kappa shape index (κ1) is 102. The van der Waals surface area contributed by atoms with Crippen LogP contribution in [0.25, 0.3) is 0 Å². The van der Waals surface area contributed by atoms with E-state index in [-0.39, 0.29) is 115 Å². The average molecular weight is 1680 g/mol. The van der Waals surface area contributed by atoms with E-state index in [1.165, 1.54) is 103 Å². The lowest BCUT2D eigenvalue weighted by molar-refractivity contribution is -0.147. The summed E-state index contributed by atoms with van der Waals surface area (Å²) in [5, 5.41) is 0. The maximum Gasteiger partial charge on any atom is 0.305 e. The van der Waals surface area contributed by atoms with E-state index in [1.807, 2.05) is 0 Å². The van der Waals surface area contributed by atoms with Crippen molar-refractivity contribution in [1.82, 2.24) is 0 Å². The minimum atomic E-state index is -0.0840. The molecule has 16 heteroatoms. The van der Waals surface area contributed by atoms with Crippen molar-refractivity contribution in [2.45, 2.75) is 339 Å². The number of esters is 4. The van der Waals surface area contributed by atoms with E-state index in [9.17, 15) is 19.2 Å². The van der Waals surface area contributed by atoms with Gasteiger partial charge in [-0.2, -0.15) is 0 Å². The molecule has 20 rings (SSSR count). The van der Waals surface area contributed by atoms with E-state index in [0.717, 1.165) is 245 Å². The molecular weight excluding hydrogens is 1490 g/mol. The van der Waals surface area contributed by atoms with Crippen LogP contribution in [0.2, 0.25) is 0 Å². The normalized spacial score (nSPS) is 45.3. The lowest BCUT2D eigenvalue weighted by atomic mass is 9.61. The van der Waals surface area contributed by atoms with Gasteiger partial charge in [-0.05, 0) is 322 Å². The second-order valence-electron chi connectivity index (χ2n) is 41.9. The highest BCUT2D eigenvalue weighted by Gasteiger charge is 2.69. The van der Waals surface area contributed by atoms with Gasteiger partial charge in [0.2, 0.25) is 0 Å². The Hall–Kier alpha value is -2.44. The summed E-state index contributed by atoms with van der Waals surface area (Å²) in [6.07, 6.45) is 37.0. The van der Waals surface area contributed by atoms with Crippen molar-refractivity contribution in [3.05, 3.63) is 0 Å². The predicted molar refractivity (Wildman–Crippen MR) is 477 cm³/mol. The molecule has 0 aromatic carbocycles. The van der Waals surface area contributed by atoms with Crippen LogP contribution in [-0.2, 0) is 76.0 Å². The predicted octanol–water partition coefficient (Wildman–Crippen LogP) is 23.6. The van der Waals surface area contributed by atoms with Gasteiger partial charge in [-0.1, -0.05) is 180 Å². The van der Waals surface area contributed by atoms with Gasteiger partial charge in [0.05, 0.1) is 26.4 Å². The third-order valence-corrected chi connectivity index (χ3v) is 37.7. The van der Waals surface area contributed by atoms with Crippen LogP contribution >= 0.6 is 0 Å². The Labute approximate surface area is 728 Å². The van der Waals surface area contributed by atoms with Crippen molar-refractivity contribution < 1.29 is 76.0 Å². The maximum atomic E-state index is 12.0. The summed E-state index contributed by atoms with van der Waals surface area (Å²) >= 11 is 0. The average Bonchev–Trinajstić information content (AvgIpc) is 1.56. The van der Waals surface area contributed by atoms with E-state index in [4.69, 9.17) is 56.8 Å². The first-order valence-corrected chi connectivity index (χ1v) is 46.9. The minimum Gasteiger partial charge on any atom is -0.463 e. The molecule has 20 fully saturated rings. The molecule has 0 N–H and O–H groups in total. The smallest absolute Gasteiger partial charge is 0.305 e. The molecule has 119 heavy (non-hydrogen) atoms. The number of unbranched alkanes of at least 4 members (excludes halogenated alkanes) is 6. The zero-order valence-electron chi connectivity index (χ0n) is 69.3. The van der Waals surface area contributed by atoms with E-state index in [0.29, 0.717) is 106 Å². The fourth-order valence-electron chi connectivity index (χ4n) is 32.8. The summed E-state index contributed by atoms with van der Waals surface area (Å²) in [5.41, 5.74) is 0. The molecule has 16 bridgehead atoms. The highest BCUT2D eigenvalue weighted by molar-refractivity contribution is 5.70. The molecule has 16 nitrogen and oxygen atoms in total. The molecule has 40 atom stereocenters. The molecule has 4 heterocycles. The van der Waals surface area contributed by atoms with E-state index < -0.39 is 0 Å². The Bertz CT molecular complexity index is 3050. The fourth-order valence-corrected chi connectivity index (χ4v) is 32.8. The Kier molecular flexibility index (Phi) is 38.6. The molecule has 40 unspecified atom stereocenters. The Morgan fingerprint density at radius 2 is 0.437 bits per heavy atom. The number of hydrogen-bond acceptors (Lipinski definition) is 16. The molecule has 16 saturated carbocycles. The van der Waals surface area contributed by atoms with Gasteiger partial charge in [-0.3, -0.25) is 19.2 Å². The zero-order chi connectivity index (χ0) is 75.6. The molecule has 0 aromatic rings. The molecular formula is C103H184O16. The second kappa shape index (κ2) is 45.0. The Morgan fingerprint density at radius 1 is 0.235 bits per heavy atom. The van der Waals surface area contributed by atoms with Crippen molar-refractivity contribution >= 4 is 23.9 Å².